The second-order valence-electron chi connectivity index (χ2n) is 5.91. The summed E-state index contributed by atoms with van der Waals surface area (Å²) in [6, 6.07) is 6.35. The molecule has 5 nitrogen and oxygen atoms in total. The van der Waals surface area contributed by atoms with Gasteiger partial charge in [-0.25, -0.2) is 13.1 Å². The quantitative estimate of drug-likeness (QED) is 0.871. The third kappa shape index (κ3) is 3.75. The molecule has 1 fully saturated rings. The summed E-state index contributed by atoms with van der Waals surface area (Å²) >= 11 is 0. The van der Waals surface area contributed by atoms with Crippen LogP contribution < -0.4 is 9.46 Å². The van der Waals surface area contributed by atoms with Gasteiger partial charge in [0.2, 0.25) is 10.0 Å². The van der Waals surface area contributed by atoms with E-state index in [9.17, 15) is 13.5 Å². The van der Waals surface area contributed by atoms with Crippen molar-refractivity contribution in [3.8, 4) is 5.75 Å². The Morgan fingerprint density at radius 3 is 2.62 bits per heavy atom. The zero-order chi connectivity index (χ0) is 15.5. The Labute approximate surface area is 126 Å². The minimum Gasteiger partial charge on any atom is -0.497 e. The molecule has 1 aliphatic rings. The first-order chi connectivity index (χ1) is 9.91. The van der Waals surface area contributed by atoms with Gasteiger partial charge >= 0.3 is 0 Å². The van der Waals surface area contributed by atoms with E-state index in [0.29, 0.717) is 24.5 Å². The van der Waals surface area contributed by atoms with E-state index in [0.717, 1.165) is 12.8 Å². The maximum Gasteiger partial charge on any atom is 0.241 e. The number of hydrogen-bond donors (Lipinski definition) is 2. The fourth-order valence-electron chi connectivity index (χ4n) is 2.72. The predicted molar refractivity (Wildman–Crippen MR) is 80.8 cm³/mol. The van der Waals surface area contributed by atoms with E-state index in [-0.39, 0.29) is 11.5 Å². The second-order valence-corrected chi connectivity index (χ2v) is 7.59. The minimum atomic E-state index is -3.67. The van der Waals surface area contributed by atoms with Crippen molar-refractivity contribution in [2.75, 3.05) is 13.7 Å². The third-order valence-electron chi connectivity index (χ3n) is 4.24. The fourth-order valence-corrected chi connectivity index (χ4v) is 4.21. The molecular weight excluding hydrogens is 290 g/mol. The number of aliphatic hydroxyl groups is 1. The number of nitrogens with one attached hydrogen (secondary N) is 1. The van der Waals surface area contributed by atoms with E-state index in [4.69, 9.17) is 4.74 Å². The Morgan fingerprint density at radius 1 is 1.38 bits per heavy atom. The molecule has 1 saturated carbocycles. The first-order valence-electron chi connectivity index (χ1n) is 7.20. The zero-order valence-corrected chi connectivity index (χ0v) is 13.3. The van der Waals surface area contributed by atoms with Crippen LogP contribution in [0.2, 0.25) is 0 Å². The molecule has 1 aromatic rings. The first kappa shape index (κ1) is 16.3. The van der Waals surface area contributed by atoms with Crippen molar-refractivity contribution < 1.29 is 18.3 Å². The van der Waals surface area contributed by atoms with E-state index >= 15 is 0 Å². The lowest BCUT2D eigenvalue weighted by Gasteiger charge is -2.38. The van der Waals surface area contributed by atoms with Crippen LogP contribution in [0.3, 0.4) is 0 Å². The number of sulfonamides is 1. The maximum absolute atomic E-state index is 12.5. The van der Waals surface area contributed by atoms with Gasteiger partial charge in [0.05, 0.1) is 24.2 Å². The van der Waals surface area contributed by atoms with Crippen molar-refractivity contribution in [2.45, 2.75) is 43.0 Å². The lowest BCUT2D eigenvalue weighted by molar-refractivity contribution is 0.125. The highest BCUT2D eigenvalue weighted by atomic mass is 32.2. The van der Waals surface area contributed by atoms with Gasteiger partial charge in [-0.2, -0.15) is 0 Å². The normalized spacial score (nSPS) is 26.5. The summed E-state index contributed by atoms with van der Waals surface area (Å²) in [5, 5.41) is 9.69. The van der Waals surface area contributed by atoms with Crippen molar-refractivity contribution in [2.24, 2.45) is 5.92 Å². The summed E-state index contributed by atoms with van der Waals surface area (Å²) < 4.78 is 32.8. The monoisotopic (exact) mass is 313 g/mol. The average molecular weight is 313 g/mol. The molecule has 0 unspecified atom stereocenters. The van der Waals surface area contributed by atoms with Crippen LogP contribution >= 0.6 is 0 Å². The Kier molecular flexibility index (Phi) is 4.91. The Hall–Kier alpha value is -1.11. The highest BCUT2D eigenvalue weighted by Gasteiger charge is 2.37. The number of aliphatic hydroxyl groups excluding tert-OH is 1. The van der Waals surface area contributed by atoms with Crippen molar-refractivity contribution in [1.82, 2.24) is 4.72 Å². The summed E-state index contributed by atoms with van der Waals surface area (Å²) in [6.45, 7) is 1.97. The van der Waals surface area contributed by atoms with Gasteiger partial charge in [0.25, 0.3) is 0 Å². The molecule has 0 atom stereocenters. The van der Waals surface area contributed by atoms with Gasteiger partial charge in [0.1, 0.15) is 5.75 Å². The summed E-state index contributed by atoms with van der Waals surface area (Å²) in [6.07, 6.45) is 3.16. The van der Waals surface area contributed by atoms with Crippen LogP contribution in [-0.2, 0) is 10.0 Å². The molecule has 0 bridgehead atoms. The molecule has 1 aliphatic carbocycles. The molecule has 1 aromatic carbocycles. The van der Waals surface area contributed by atoms with Gasteiger partial charge in [-0.05, 0) is 43.7 Å². The molecule has 2 N–H and O–H groups in total. The molecule has 0 aromatic heterocycles. The van der Waals surface area contributed by atoms with Crippen LogP contribution in [0.15, 0.2) is 29.2 Å². The van der Waals surface area contributed by atoms with Crippen LogP contribution in [0.1, 0.15) is 32.6 Å². The fraction of sp³-hybridized carbons (Fsp3) is 0.600. The van der Waals surface area contributed by atoms with Gasteiger partial charge < -0.3 is 9.84 Å². The zero-order valence-electron chi connectivity index (χ0n) is 12.5. The Balaban J connectivity index is 2.23. The van der Waals surface area contributed by atoms with Crippen LogP contribution in [0, 0.1) is 5.92 Å². The molecule has 0 spiro atoms. The van der Waals surface area contributed by atoms with E-state index in [1.54, 1.807) is 12.1 Å². The second kappa shape index (κ2) is 6.34. The summed E-state index contributed by atoms with van der Waals surface area (Å²) in [7, 11) is -2.17. The summed E-state index contributed by atoms with van der Waals surface area (Å²) in [5.41, 5.74) is -0.742. The molecule has 6 heteroatoms. The van der Waals surface area contributed by atoms with Gasteiger partial charge in [-0.3, -0.25) is 0 Å². The Bertz CT molecular complexity index is 577. The molecule has 0 amide bonds. The van der Waals surface area contributed by atoms with Crippen molar-refractivity contribution in [3.63, 3.8) is 0 Å². The van der Waals surface area contributed by atoms with Crippen LogP contribution in [0.4, 0.5) is 0 Å². The van der Waals surface area contributed by atoms with Crippen LogP contribution in [0.5, 0.6) is 5.75 Å². The summed E-state index contributed by atoms with van der Waals surface area (Å²) in [4.78, 5) is 0.160. The maximum atomic E-state index is 12.5. The van der Waals surface area contributed by atoms with Crippen LogP contribution in [-0.4, -0.2) is 32.8 Å². The molecular formula is C15H23NO4S. The molecule has 21 heavy (non-hydrogen) atoms. The molecule has 0 radical (unpaired) electrons. The van der Waals surface area contributed by atoms with E-state index < -0.39 is 15.6 Å². The highest BCUT2D eigenvalue weighted by molar-refractivity contribution is 7.89. The largest absolute Gasteiger partial charge is 0.497 e. The van der Waals surface area contributed by atoms with Gasteiger partial charge in [-0.15, -0.1) is 0 Å². The lowest BCUT2D eigenvalue weighted by Crippen LogP contribution is -2.53. The highest BCUT2D eigenvalue weighted by Crippen LogP contribution is 2.33. The lowest BCUT2D eigenvalue weighted by atomic mass is 9.78. The molecule has 0 aliphatic heterocycles. The minimum absolute atomic E-state index is 0.160. The van der Waals surface area contributed by atoms with Crippen molar-refractivity contribution in [3.05, 3.63) is 24.3 Å². The molecule has 0 heterocycles. The average Bonchev–Trinajstić information content (AvgIpc) is 2.50. The van der Waals surface area contributed by atoms with Crippen molar-refractivity contribution in [1.29, 1.82) is 0 Å². The third-order valence-corrected chi connectivity index (χ3v) is 5.81. The van der Waals surface area contributed by atoms with Crippen molar-refractivity contribution >= 4 is 10.0 Å². The standard InChI is InChI=1S/C15H23NO4S/c1-12-6-8-15(11-17,9-7-12)16-21(18,19)14-5-3-4-13(10-14)20-2/h3-5,10,12,16-17H,6-9,11H2,1-2H3. The number of ether oxygens (including phenoxy) is 1. The number of rotatable bonds is 5. The number of benzene rings is 1. The van der Waals surface area contributed by atoms with Crippen LogP contribution in [0.25, 0.3) is 0 Å². The first-order valence-corrected chi connectivity index (χ1v) is 8.68. The summed E-state index contributed by atoms with van der Waals surface area (Å²) in [5.74, 6) is 1.07. The van der Waals surface area contributed by atoms with Gasteiger partial charge in [0, 0.05) is 6.07 Å². The predicted octanol–water partition coefficient (Wildman–Crippen LogP) is 1.91. The molecule has 118 valence electrons. The topological polar surface area (TPSA) is 75.6 Å². The smallest absolute Gasteiger partial charge is 0.241 e. The van der Waals surface area contributed by atoms with E-state index in [1.165, 1.54) is 19.2 Å². The number of hydrogen-bond acceptors (Lipinski definition) is 4. The van der Waals surface area contributed by atoms with Gasteiger partial charge in [0.15, 0.2) is 0 Å². The Morgan fingerprint density at radius 2 is 2.05 bits per heavy atom. The van der Waals surface area contributed by atoms with E-state index in [2.05, 4.69) is 11.6 Å². The SMILES string of the molecule is COc1cccc(S(=O)(=O)NC2(CO)CCC(C)CC2)c1. The molecule has 2 rings (SSSR count). The molecule has 0 saturated heterocycles. The van der Waals surface area contributed by atoms with E-state index in [1.807, 2.05) is 0 Å². The van der Waals surface area contributed by atoms with Gasteiger partial charge in [-0.1, -0.05) is 13.0 Å². The number of methoxy groups -OCH3 is 1.